The van der Waals surface area contributed by atoms with Gasteiger partial charge in [-0.25, -0.2) is 4.39 Å². The molecule has 0 fully saturated rings. The molecule has 1 aromatic carbocycles. The molecule has 1 unspecified atom stereocenters. The van der Waals surface area contributed by atoms with Crippen molar-refractivity contribution in [2.75, 3.05) is 5.75 Å². The number of hydrogen-bond acceptors (Lipinski definition) is 2. The molecule has 0 aliphatic heterocycles. The van der Waals surface area contributed by atoms with E-state index in [-0.39, 0.29) is 11.6 Å². The summed E-state index contributed by atoms with van der Waals surface area (Å²) in [4.78, 5) is 11.6. The molecule has 0 saturated heterocycles. The number of carbonyl (C=O) groups is 1. The van der Waals surface area contributed by atoms with E-state index in [9.17, 15) is 9.18 Å². The zero-order valence-corrected chi connectivity index (χ0v) is 9.81. The van der Waals surface area contributed by atoms with E-state index in [1.165, 1.54) is 12.1 Å². The van der Waals surface area contributed by atoms with Crippen molar-refractivity contribution in [1.29, 1.82) is 0 Å². The summed E-state index contributed by atoms with van der Waals surface area (Å²) in [5, 5.41) is 0.475. The molecule has 0 radical (unpaired) electrons. The quantitative estimate of drug-likeness (QED) is 0.714. The molecular weight excluding hydrogens is 211 g/mol. The molecule has 0 amide bonds. The van der Waals surface area contributed by atoms with E-state index in [0.717, 1.165) is 6.42 Å². The minimum atomic E-state index is -0.352. The first kappa shape index (κ1) is 12.2. The first-order valence-electron chi connectivity index (χ1n) is 5.04. The maximum atomic E-state index is 12.8. The first-order chi connectivity index (χ1) is 7.13. The molecule has 3 heteroatoms. The Morgan fingerprint density at radius 3 is 2.87 bits per heavy atom. The van der Waals surface area contributed by atoms with Crippen LogP contribution in [0.25, 0.3) is 0 Å². The molecule has 0 N–H and O–H groups in total. The lowest BCUT2D eigenvalue weighted by Gasteiger charge is -2.06. The van der Waals surface area contributed by atoms with Crippen LogP contribution >= 0.6 is 11.8 Å². The van der Waals surface area contributed by atoms with Gasteiger partial charge in [-0.05, 0) is 18.6 Å². The van der Waals surface area contributed by atoms with Gasteiger partial charge in [-0.15, -0.1) is 0 Å². The molecule has 0 bridgehead atoms. The summed E-state index contributed by atoms with van der Waals surface area (Å²) in [6.07, 6.45) is 1.04. The van der Waals surface area contributed by atoms with Crippen molar-refractivity contribution >= 4 is 17.5 Å². The molecule has 0 spiro atoms. The van der Waals surface area contributed by atoms with Gasteiger partial charge < -0.3 is 0 Å². The van der Waals surface area contributed by atoms with Gasteiger partial charge in [-0.3, -0.25) is 4.79 Å². The number of thioether (sulfide) groups is 1. The molecule has 1 nitrogen and oxygen atoms in total. The Kier molecular flexibility index (Phi) is 4.82. The van der Waals surface area contributed by atoms with Crippen LogP contribution in [0.4, 0.5) is 4.39 Å². The Balaban J connectivity index is 2.54. The third kappa shape index (κ3) is 4.04. The summed E-state index contributed by atoms with van der Waals surface area (Å²) >= 11 is 1.61. The Hall–Kier alpha value is -0.830. The number of carbonyl (C=O) groups excluding carboxylic acids is 1. The molecule has 0 saturated carbocycles. The lowest BCUT2D eigenvalue weighted by molar-refractivity contribution is 0.102. The predicted molar refractivity (Wildman–Crippen MR) is 62.9 cm³/mol. The van der Waals surface area contributed by atoms with Crippen LogP contribution in [0.5, 0.6) is 0 Å². The number of benzene rings is 1. The van der Waals surface area contributed by atoms with Crippen LogP contribution < -0.4 is 0 Å². The molecule has 15 heavy (non-hydrogen) atoms. The lowest BCUT2D eigenvalue weighted by atomic mass is 10.1. The second-order valence-corrected chi connectivity index (χ2v) is 4.89. The van der Waals surface area contributed by atoms with Crippen LogP contribution in [0.1, 0.15) is 30.6 Å². The van der Waals surface area contributed by atoms with Gasteiger partial charge >= 0.3 is 0 Å². The second-order valence-electron chi connectivity index (χ2n) is 3.46. The molecule has 0 aliphatic carbocycles. The summed E-state index contributed by atoms with van der Waals surface area (Å²) in [6, 6.07) is 5.86. The molecule has 0 heterocycles. The van der Waals surface area contributed by atoms with Crippen LogP contribution in [0.2, 0.25) is 0 Å². The van der Waals surface area contributed by atoms with Crippen LogP contribution in [0.3, 0.4) is 0 Å². The van der Waals surface area contributed by atoms with E-state index in [0.29, 0.717) is 16.6 Å². The highest BCUT2D eigenvalue weighted by Gasteiger charge is 2.08. The summed E-state index contributed by atoms with van der Waals surface area (Å²) in [5.41, 5.74) is 0.464. The van der Waals surface area contributed by atoms with Gasteiger partial charge in [0.2, 0.25) is 0 Å². The van der Waals surface area contributed by atoms with Crippen molar-refractivity contribution < 1.29 is 9.18 Å². The van der Waals surface area contributed by atoms with Gasteiger partial charge in [0.25, 0.3) is 0 Å². The van der Waals surface area contributed by atoms with Gasteiger partial charge in [0.1, 0.15) is 5.82 Å². The van der Waals surface area contributed by atoms with Crippen molar-refractivity contribution in [3.05, 3.63) is 35.6 Å². The van der Waals surface area contributed by atoms with Gasteiger partial charge in [-0.2, -0.15) is 11.8 Å². The van der Waals surface area contributed by atoms with E-state index in [2.05, 4.69) is 13.8 Å². The Morgan fingerprint density at radius 1 is 1.53 bits per heavy atom. The third-order valence-corrected chi connectivity index (χ3v) is 3.55. The van der Waals surface area contributed by atoms with E-state index in [1.54, 1.807) is 23.9 Å². The fourth-order valence-corrected chi connectivity index (χ4v) is 1.92. The summed E-state index contributed by atoms with van der Waals surface area (Å²) < 4.78 is 12.8. The van der Waals surface area contributed by atoms with E-state index >= 15 is 0 Å². The van der Waals surface area contributed by atoms with Crippen molar-refractivity contribution in [2.45, 2.75) is 25.5 Å². The van der Waals surface area contributed by atoms with Gasteiger partial charge in [0, 0.05) is 10.8 Å². The number of Topliss-reactive ketones (excluding diaryl/α,β-unsaturated/α-hetero) is 1. The van der Waals surface area contributed by atoms with Crippen LogP contribution in [-0.4, -0.2) is 16.8 Å². The number of rotatable bonds is 5. The summed E-state index contributed by atoms with van der Waals surface area (Å²) in [6.45, 7) is 4.17. The van der Waals surface area contributed by atoms with Crippen LogP contribution in [0.15, 0.2) is 24.3 Å². The minimum Gasteiger partial charge on any atom is -0.293 e. The number of hydrogen-bond donors (Lipinski definition) is 0. The third-order valence-electron chi connectivity index (χ3n) is 2.22. The highest BCUT2D eigenvalue weighted by molar-refractivity contribution is 8.00. The molecule has 1 rings (SSSR count). The SMILES string of the molecule is CCC(C)SCC(=O)c1cccc(F)c1. The Bertz CT molecular complexity index is 338. The monoisotopic (exact) mass is 226 g/mol. The Morgan fingerprint density at radius 2 is 2.27 bits per heavy atom. The maximum Gasteiger partial charge on any atom is 0.172 e. The predicted octanol–water partition coefficient (Wildman–Crippen LogP) is 3.54. The van der Waals surface area contributed by atoms with Crippen molar-refractivity contribution in [3.8, 4) is 0 Å². The average Bonchev–Trinajstić information content (AvgIpc) is 2.25. The van der Waals surface area contributed by atoms with E-state index in [4.69, 9.17) is 0 Å². The molecule has 82 valence electrons. The van der Waals surface area contributed by atoms with Gasteiger partial charge in [0.15, 0.2) is 5.78 Å². The van der Waals surface area contributed by atoms with Gasteiger partial charge in [0.05, 0.1) is 5.75 Å². The van der Waals surface area contributed by atoms with Gasteiger partial charge in [-0.1, -0.05) is 26.0 Å². The molecule has 1 aromatic rings. The van der Waals surface area contributed by atoms with Crippen molar-refractivity contribution in [1.82, 2.24) is 0 Å². The summed E-state index contributed by atoms with van der Waals surface area (Å²) in [5.74, 6) is 0.0764. The average molecular weight is 226 g/mol. The Labute approximate surface area is 94.1 Å². The first-order valence-corrected chi connectivity index (χ1v) is 6.08. The molecular formula is C12H15FOS. The minimum absolute atomic E-state index is 0.000185. The largest absolute Gasteiger partial charge is 0.293 e. The normalized spacial score (nSPS) is 12.5. The fraction of sp³-hybridized carbons (Fsp3) is 0.417. The fourth-order valence-electron chi connectivity index (χ4n) is 1.08. The van der Waals surface area contributed by atoms with E-state index < -0.39 is 0 Å². The zero-order valence-electron chi connectivity index (χ0n) is 9.00. The topological polar surface area (TPSA) is 17.1 Å². The maximum absolute atomic E-state index is 12.8. The highest BCUT2D eigenvalue weighted by atomic mass is 32.2. The second kappa shape index (κ2) is 5.91. The standard InChI is InChI=1S/C12H15FOS/c1-3-9(2)15-8-12(14)10-5-4-6-11(13)7-10/h4-7,9H,3,8H2,1-2H3. The molecule has 0 aliphatic rings. The summed E-state index contributed by atoms with van der Waals surface area (Å²) in [7, 11) is 0. The number of ketones is 1. The molecule has 1 atom stereocenters. The molecule has 0 aromatic heterocycles. The van der Waals surface area contributed by atoms with Crippen molar-refractivity contribution in [3.63, 3.8) is 0 Å². The zero-order chi connectivity index (χ0) is 11.3. The lowest BCUT2D eigenvalue weighted by Crippen LogP contribution is -2.06. The van der Waals surface area contributed by atoms with Crippen molar-refractivity contribution in [2.24, 2.45) is 0 Å². The highest BCUT2D eigenvalue weighted by Crippen LogP contribution is 2.15. The van der Waals surface area contributed by atoms with E-state index in [1.807, 2.05) is 0 Å². The van der Waals surface area contributed by atoms with Crippen LogP contribution in [-0.2, 0) is 0 Å². The smallest absolute Gasteiger partial charge is 0.172 e. The van der Waals surface area contributed by atoms with Crippen LogP contribution in [0, 0.1) is 5.82 Å². The number of halogens is 1.